The third-order valence-electron chi connectivity index (χ3n) is 7.08. The molecule has 10 heteroatoms. The molecular weight excluding hydrogens is 428 g/mol. The number of anilines is 1. The molecule has 2 unspecified atom stereocenters. The molecule has 2 aromatic heterocycles. The van der Waals surface area contributed by atoms with Gasteiger partial charge in [0.15, 0.2) is 11.0 Å². The zero-order valence-corrected chi connectivity index (χ0v) is 17.8. The molecule has 0 radical (unpaired) electrons. The van der Waals surface area contributed by atoms with E-state index in [1.165, 1.54) is 6.20 Å². The number of ether oxygens (including phenoxy) is 2. The van der Waals surface area contributed by atoms with E-state index in [4.69, 9.17) is 21.1 Å². The standard InChI is InChI=1S/C21H24ClF2N5O2/c22-18-16(24)17-13(9-25-18)19(29-5-2-6-30-15-7-14(15)29)27-20(26-17)31-11-21-3-1-4-28(21)10-12(23)8-21/h9,12,14-15H,1-8,10-11H2/t12-,14?,15?,21+/m1/s1. The van der Waals surface area contributed by atoms with Crippen LogP contribution in [-0.2, 0) is 4.74 Å². The molecule has 1 aliphatic carbocycles. The quantitative estimate of drug-likeness (QED) is 0.662. The molecule has 0 aromatic carbocycles. The average molecular weight is 452 g/mol. The van der Waals surface area contributed by atoms with Crippen molar-refractivity contribution in [3.8, 4) is 6.01 Å². The lowest BCUT2D eigenvalue weighted by molar-refractivity contribution is 0.107. The molecule has 4 fully saturated rings. The van der Waals surface area contributed by atoms with Crippen LogP contribution < -0.4 is 9.64 Å². The van der Waals surface area contributed by atoms with Crippen LogP contribution in [0.15, 0.2) is 6.20 Å². The van der Waals surface area contributed by atoms with Crippen LogP contribution in [-0.4, -0.2) is 76.6 Å². The van der Waals surface area contributed by atoms with Gasteiger partial charge in [0.2, 0.25) is 0 Å². The molecule has 166 valence electrons. The minimum Gasteiger partial charge on any atom is -0.461 e. The van der Waals surface area contributed by atoms with Crippen molar-refractivity contribution in [2.75, 3.05) is 37.7 Å². The van der Waals surface area contributed by atoms with Gasteiger partial charge in [-0.25, -0.2) is 13.8 Å². The SMILES string of the molecule is Fc1c(Cl)ncc2c(N3CCCOC4CC43)nc(OC[C@@]34CCCN3C[C@H](F)C4)nc12. The first-order valence-electron chi connectivity index (χ1n) is 11.0. The van der Waals surface area contributed by atoms with Crippen LogP contribution in [0.3, 0.4) is 0 Å². The van der Waals surface area contributed by atoms with Gasteiger partial charge in [0.05, 0.1) is 23.1 Å². The Morgan fingerprint density at radius 2 is 2.19 bits per heavy atom. The lowest BCUT2D eigenvalue weighted by atomic mass is 9.95. The molecule has 3 aliphatic heterocycles. The summed E-state index contributed by atoms with van der Waals surface area (Å²) in [6, 6.07) is 0.299. The van der Waals surface area contributed by atoms with Gasteiger partial charge in [-0.2, -0.15) is 9.97 Å². The Morgan fingerprint density at radius 1 is 1.29 bits per heavy atom. The second kappa shape index (κ2) is 7.35. The summed E-state index contributed by atoms with van der Waals surface area (Å²) in [5.74, 6) is -0.0898. The second-order valence-electron chi connectivity index (χ2n) is 9.08. The van der Waals surface area contributed by atoms with Gasteiger partial charge in [-0.15, -0.1) is 0 Å². The highest BCUT2D eigenvalue weighted by atomic mass is 35.5. The topological polar surface area (TPSA) is 63.6 Å². The molecule has 2 aromatic rings. The van der Waals surface area contributed by atoms with Crippen LogP contribution >= 0.6 is 11.6 Å². The lowest BCUT2D eigenvalue weighted by Gasteiger charge is -2.31. The summed E-state index contributed by atoms with van der Waals surface area (Å²) in [5, 5.41) is 0.273. The molecule has 5 heterocycles. The molecule has 6 rings (SSSR count). The number of alkyl halides is 1. The van der Waals surface area contributed by atoms with Crippen LogP contribution in [0.1, 0.15) is 32.1 Å². The molecule has 1 saturated carbocycles. The number of aromatic nitrogens is 3. The first-order valence-corrected chi connectivity index (χ1v) is 11.3. The van der Waals surface area contributed by atoms with Crippen molar-refractivity contribution in [1.82, 2.24) is 19.9 Å². The van der Waals surface area contributed by atoms with Gasteiger partial charge in [-0.1, -0.05) is 11.6 Å². The molecule has 7 nitrogen and oxygen atoms in total. The van der Waals surface area contributed by atoms with E-state index in [0.29, 0.717) is 30.8 Å². The maximum Gasteiger partial charge on any atom is 0.319 e. The van der Waals surface area contributed by atoms with Crippen molar-refractivity contribution < 1.29 is 18.3 Å². The first-order chi connectivity index (χ1) is 15.0. The summed E-state index contributed by atoms with van der Waals surface area (Å²) in [5.41, 5.74) is -0.234. The van der Waals surface area contributed by atoms with Gasteiger partial charge in [0, 0.05) is 32.3 Å². The van der Waals surface area contributed by atoms with Crippen molar-refractivity contribution in [3.63, 3.8) is 0 Å². The summed E-state index contributed by atoms with van der Waals surface area (Å²) in [4.78, 5) is 17.3. The van der Waals surface area contributed by atoms with E-state index >= 15 is 0 Å². The Hall–Kier alpha value is -1.84. The van der Waals surface area contributed by atoms with Crippen LogP contribution in [0.4, 0.5) is 14.6 Å². The van der Waals surface area contributed by atoms with E-state index in [1.54, 1.807) is 0 Å². The predicted octanol–water partition coefficient (Wildman–Crippen LogP) is 3.14. The highest BCUT2D eigenvalue weighted by Gasteiger charge is 2.49. The lowest BCUT2D eigenvalue weighted by Crippen LogP contribution is -2.43. The molecule has 0 bridgehead atoms. The first kappa shape index (κ1) is 19.8. The molecule has 0 N–H and O–H groups in total. The Morgan fingerprint density at radius 3 is 3.10 bits per heavy atom. The van der Waals surface area contributed by atoms with E-state index in [2.05, 4.69) is 24.8 Å². The van der Waals surface area contributed by atoms with Gasteiger partial charge >= 0.3 is 6.01 Å². The summed E-state index contributed by atoms with van der Waals surface area (Å²) in [6.07, 6.45) is 4.97. The monoisotopic (exact) mass is 451 g/mol. The minimum absolute atomic E-state index is 0.0922. The molecule has 0 amide bonds. The van der Waals surface area contributed by atoms with E-state index < -0.39 is 12.0 Å². The second-order valence-corrected chi connectivity index (χ2v) is 9.44. The van der Waals surface area contributed by atoms with Gasteiger partial charge in [-0.05, 0) is 32.2 Å². The molecule has 31 heavy (non-hydrogen) atoms. The number of nitrogens with zero attached hydrogens (tertiary/aromatic N) is 5. The Labute approximate surface area is 183 Å². The fourth-order valence-corrected chi connectivity index (χ4v) is 5.63. The Kier molecular flexibility index (Phi) is 4.70. The normalized spacial score (nSPS) is 32.7. The Balaban J connectivity index is 1.37. The largest absolute Gasteiger partial charge is 0.461 e. The molecular formula is C21H24ClF2N5O2. The van der Waals surface area contributed by atoms with Crippen molar-refractivity contribution in [3.05, 3.63) is 17.2 Å². The van der Waals surface area contributed by atoms with Crippen LogP contribution in [0.5, 0.6) is 6.01 Å². The zero-order valence-electron chi connectivity index (χ0n) is 17.1. The van der Waals surface area contributed by atoms with Gasteiger partial charge in [-0.3, -0.25) is 4.90 Å². The van der Waals surface area contributed by atoms with Crippen molar-refractivity contribution >= 4 is 28.3 Å². The minimum atomic E-state index is -0.844. The maximum absolute atomic E-state index is 14.9. The number of hydrogen-bond donors (Lipinski definition) is 0. The molecule has 3 saturated heterocycles. The van der Waals surface area contributed by atoms with Crippen LogP contribution in [0.2, 0.25) is 5.15 Å². The maximum atomic E-state index is 14.9. The molecule has 4 atom stereocenters. The van der Waals surface area contributed by atoms with Crippen molar-refractivity contribution in [2.45, 2.75) is 56.0 Å². The average Bonchev–Trinajstić information content (AvgIpc) is 3.36. The van der Waals surface area contributed by atoms with E-state index in [9.17, 15) is 8.78 Å². The smallest absolute Gasteiger partial charge is 0.319 e. The summed E-state index contributed by atoms with van der Waals surface area (Å²) in [6.45, 7) is 3.05. The number of pyridine rings is 1. The van der Waals surface area contributed by atoms with E-state index in [-0.39, 0.29) is 41.0 Å². The number of hydrogen-bond acceptors (Lipinski definition) is 7. The molecule has 4 aliphatic rings. The van der Waals surface area contributed by atoms with Crippen molar-refractivity contribution in [2.24, 2.45) is 0 Å². The predicted molar refractivity (Wildman–Crippen MR) is 111 cm³/mol. The number of fused-ring (bicyclic) bond motifs is 3. The fourth-order valence-electron chi connectivity index (χ4n) is 5.50. The zero-order chi connectivity index (χ0) is 21.2. The van der Waals surface area contributed by atoms with E-state index in [1.807, 2.05) is 0 Å². The summed E-state index contributed by atoms with van der Waals surface area (Å²) >= 11 is 5.94. The summed E-state index contributed by atoms with van der Waals surface area (Å²) in [7, 11) is 0. The number of halogens is 3. The molecule has 0 spiro atoms. The highest BCUT2D eigenvalue weighted by Crippen LogP contribution is 2.42. The third kappa shape index (κ3) is 3.32. The van der Waals surface area contributed by atoms with Crippen molar-refractivity contribution in [1.29, 1.82) is 0 Å². The van der Waals surface area contributed by atoms with E-state index in [0.717, 1.165) is 38.8 Å². The number of rotatable bonds is 4. The van der Waals surface area contributed by atoms with Crippen LogP contribution in [0.25, 0.3) is 10.9 Å². The van der Waals surface area contributed by atoms with Gasteiger partial charge in [0.1, 0.15) is 24.1 Å². The van der Waals surface area contributed by atoms with Crippen LogP contribution in [0, 0.1) is 5.82 Å². The fraction of sp³-hybridized carbons (Fsp3) is 0.667. The van der Waals surface area contributed by atoms with Gasteiger partial charge in [0.25, 0.3) is 0 Å². The van der Waals surface area contributed by atoms with Gasteiger partial charge < -0.3 is 14.4 Å². The Bertz CT molecular complexity index is 1030. The highest BCUT2D eigenvalue weighted by molar-refractivity contribution is 6.30. The third-order valence-corrected chi connectivity index (χ3v) is 7.34. The summed E-state index contributed by atoms with van der Waals surface area (Å²) < 4.78 is 40.8.